The van der Waals surface area contributed by atoms with Crippen LogP contribution in [-0.2, 0) is 6.61 Å². The number of hydrogen-bond acceptors (Lipinski definition) is 3. The number of ether oxygens (including phenoxy) is 2. The van der Waals surface area contributed by atoms with Crippen molar-refractivity contribution in [1.82, 2.24) is 5.32 Å². The highest BCUT2D eigenvalue weighted by Gasteiger charge is 2.17. The highest BCUT2D eigenvalue weighted by Crippen LogP contribution is 2.21. The van der Waals surface area contributed by atoms with Gasteiger partial charge in [0.1, 0.15) is 18.1 Å². The van der Waals surface area contributed by atoms with Crippen molar-refractivity contribution >= 4 is 5.91 Å². The number of rotatable bonds is 8. The van der Waals surface area contributed by atoms with Gasteiger partial charge in [-0.3, -0.25) is 4.79 Å². The molecular weight excluding hydrogens is 350 g/mol. The Hall–Kier alpha value is -3.27. The van der Waals surface area contributed by atoms with Crippen molar-refractivity contribution in [3.8, 4) is 11.5 Å². The fourth-order valence-electron chi connectivity index (χ4n) is 3.04. The second-order valence-corrected chi connectivity index (χ2v) is 6.47. The van der Waals surface area contributed by atoms with Crippen molar-refractivity contribution in [2.75, 3.05) is 7.11 Å². The van der Waals surface area contributed by atoms with Gasteiger partial charge in [0.2, 0.25) is 0 Å². The molecule has 3 rings (SSSR count). The average Bonchev–Trinajstić information content (AvgIpc) is 2.77. The molecule has 0 aliphatic rings. The molecule has 144 valence electrons. The minimum absolute atomic E-state index is 0.0681. The second kappa shape index (κ2) is 9.60. The maximum absolute atomic E-state index is 13.0. The number of benzene rings is 3. The summed E-state index contributed by atoms with van der Waals surface area (Å²) in [5.74, 6) is 1.48. The third-order valence-corrected chi connectivity index (χ3v) is 4.63. The fraction of sp³-hybridized carbons (Fsp3) is 0.208. The quantitative estimate of drug-likeness (QED) is 0.592. The third-order valence-electron chi connectivity index (χ3n) is 4.63. The molecule has 0 radical (unpaired) electrons. The number of para-hydroxylation sites is 1. The van der Waals surface area contributed by atoms with E-state index in [1.807, 2.05) is 78.9 Å². The zero-order valence-electron chi connectivity index (χ0n) is 16.2. The Bertz CT molecular complexity index is 891. The van der Waals surface area contributed by atoms with Crippen LogP contribution in [0.5, 0.6) is 11.5 Å². The van der Waals surface area contributed by atoms with Crippen LogP contribution in [0.25, 0.3) is 0 Å². The van der Waals surface area contributed by atoms with Gasteiger partial charge in [0, 0.05) is 11.1 Å². The first-order valence-corrected chi connectivity index (χ1v) is 9.41. The smallest absolute Gasteiger partial charge is 0.252 e. The van der Waals surface area contributed by atoms with Gasteiger partial charge in [-0.2, -0.15) is 0 Å². The van der Waals surface area contributed by atoms with Crippen LogP contribution in [0.15, 0.2) is 78.9 Å². The summed E-state index contributed by atoms with van der Waals surface area (Å²) in [6.45, 7) is 2.40. The molecule has 0 heterocycles. The van der Waals surface area contributed by atoms with Crippen LogP contribution in [0.3, 0.4) is 0 Å². The lowest BCUT2D eigenvalue weighted by atomic mass is 10.0. The highest BCUT2D eigenvalue weighted by molar-refractivity contribution is 5.95. The lowest BCUT2D eigenvalue weighted by Crippen LogP contribution is -2.29. The van der Waals surface area contributed by atoms with Gasteiger partial charge in [-0.25, -0.2) is 0 Å². The van der Waals surface area contributed by atoms with Gasteiger partial charge in [-0.05, 0) is 42.3 Å². The maximum Gasteiger partial charge on any atom is 0.252 e. The first-order chi connectivity index (χ1) is 13.7. The molecule has 1 unspecified atom stereocenters. The van der Waals surface area contributed by atoms with Gasteiger partial charge in [-0.15, -0.1) is 0 Å². The Kier molecular flexibility index (Phi) is 6.68. The van der Waals surface area contributed by atoms with E-state index in [1.54, 1.807) is 7.11 Å². The monoisotopic (exact) mass is 375 g/mol. The molecule has 1 atom stereocenters. The van der Waals surface area contributed by atoms with Gasteiger partial charge in [0.15, 0.2) is 0 Å². The van der Waals surface area contributed by atoms with E-state index in [-0.39, 0.29) is 11.9 Å². The van der Waals surface area contributed by atoms with Gasteiger partial charge in [0.25, 0.3) is 5.91 Å². The van der Waals surface area contributed by atoms with E-state index < -0.39 is 0 Å². The molecule has 4 nitrogen and oxygen atoms in total. The van der Waals surface area contributed by atoms with E-state index in [2.05, 4.69) is 12.2 Å². The molecule has 3 aromatic carbocycles. The van der Waals surface area contributed by atoms with Crippen molar-refractivity contribution in [2.24, 2.45) is 0 Å². The number of carbonyl (C=O) groups is 1. The third kappa shape index (κ3) is 4.92. The van der Waals surface area contributed by atoms with Crippen LogP contribution in [0.2, 0.25) is 0 Å². The summed E-state index contributed by atoms with van der Waals surface area (Å²) in [5.41, 5.74) is 2.54. The van der Waals surface area contributed by atoms with Gasteiger partial charge >= 0.3 is 0 Å². The SMILES string of the molecule is CCC(NC(=O)c1ccccc1COc1ccccc1)c1ccc(OC)cc1. The molecule has 0 saturated heterocycles. The molecule has 1 N–H and O–H groups in total. The Morgan fingerprint density at radius 2 is 1.57 bits per heavy atom. The maximum atomic E-state index is 13.0. The van der Waals surface area contributed by atoms with E-state index >= 15 is 0 Å². The minimum atomic E-state index is -0.102. The standard InChI is InChI=1S/C24H25NO3/c1-3-23(18-13-15-20(27-2)16-14-18)25-24(26)22-12-8-7-9-19(22)17-28-21-10-5-4-6-11-21/h4-16,23H,3,17H2,1-2H3,(H,25,26). The van der Waals surface area contributed by atoms with Crippen molar-refractivity contribution in [1.29, 1.82) is 0 Å². The summed E-state index contributed by atoms with van der Waals surface area (Å²) in [6, 6.07) is 24.9. The summed E-state index contributed by atoms with van der Waals surface area (Å²) in [7, 11) is 1.64. The molecular formula is C24H25NO3. The zero-order chi connectivity index (χ0) is 19.8. The molecule has 0 saturated carbocycles. The molecule has 0 aliphatic heterocycles. The van der Waals surface area contributed by atoms with E-state index in [0.717, 1.165) is 29.0 Å². The molecule has 4 heteroatoms. The molecule has 3 aromatic rings. The van der Waals surface area contributed by atoms with Crippen molar-refractivity contribution in [3.63, 3.8) is 0 Å². The molecule has 0 bridgehead atoms. The topological polar surface area (TPSA) is 47.6 Å². The first kappa shape index (κ1) is 19.5. The lowest BCUT2D eigenvalue weighted by molar-refractivity contribution is 0.0933. The largest absolute Gasteiger partial charge is 0.497 e. The summed E-state index contributed by atoms with van der Waals surface area (Å²) in [4.78, 5) is 13.0. The Balaban J connectivity index is 1.72. The number of nitrogens with one attached hydrogen (secondary N) is 1. The first-order valence-electron chi connectivity index (χ1n) is 9.41. The predicted molar refractivity (Wildman–Crippen MR) is 111 cm³/mol. The van der Waals surface area contributed by atoms with Crippen LogP contribution >= 0.6 is 0 Å². The predicted octanol–water partition coefficient (Wildman–Crippen LogP) is 5.16. The van der Waals surface area contributed by atoms with Crippen molar-refractivity contribution in [2.45, 2.75) is 26.0 Å². The van der Waals surface area contributed by atoms with Gasteiger partial charge < -0.3 is 14.8 Å². The fourth-order valence-corrected chi connectivity index (χ4v) is 3.04. The van der Waals surface area contributed by atoms with Crippen LogP contribution in [-0.4, -0.2) is 13.0 Å². The molecule has 28 heavy (non-hydrogen) atoms. The van der Waals surface area contributed by atoms with Crippen molar-refractivity contribution in [3.05, 3.63) is 95.6 Å². The van der Waals surface area contributed by atoms with Crippen LogP contribution in [0.1, 0.15) is 40.9 Å². The van der Waals surface area contributed by atoms with E-state index in [0.29, 0.717) is 12.2 Å². The highest BCUT2D eigenvalue weighted by atomic mass is 16.5. The Labute approximate surface area is 166 Å². The van der Waals surface area contributed by atoms with Crippen molar-refractivity contribution < 1.29 is 14.3 Å². The normalized spacial score (nSPS) is 11.5. The lowest BCUT2D eigenvalue weighted by Gasteiger charge is -2.19. The molecule has 0 fully saturated rings. The molecule has 0 aliphatic carbocycles. The number of methoxy groups -OCH3 is 1. The summed E-state index contributed by atoms with van der Waals surface area (Å²) in [5, 5.41) is 3.14. The summed E-state index contributed by atoms with van der Waals surface area (Å²) >= 11 is 0. The summed E-state index contributed by atoms with van der Waals surface area (Å²) < 4.78 is 11.0. The van der Waals surface area contributed by atoms with E-state index in [1.165, 1.54) is 0 Å². The summed E-state index contributed by atoms with van der Waals surface area (Å²) in [6.07, 6.45) is 0.792. The molecule has 0 spiro atoms. The van der Waals surface area contributed by atoms with Gasteiger partial charge in [-0.1, -0.05) is 55.5 Å². The van der Waals surface area contributed by atoms with Crippen LogP contribution in [0.4, 0.5) is 0 Å². The zero-order valence-corrected chi connectivity index (χ0v) is 16.2. The van der Waals surface area contributed by atoms with Gasteiger partial charge in [0.05, 0.1) is 13.2 Å². The van der Waals surface area contributed by atoms with E-state index in [4.69, 9.17) is 9.47 Å². The Morgan fingerprint density at radius 1 is 0.893 bits per heavy atom. The average molecular weight is 375 g/mol. The number of hydrogen-bond donors (Lipinski definition) is 1. The molecule has 0 aromatic heterocycles. The number of carbonyl (C=O) groups excluding carboxylic acids is 1. The van der Waals surface area contributed by atoms with E-state index in [9.17, 15) is 4.79 Å². The molecule has 1 amide bonds. The number of amides is 1. The minimum Gasteiger partial charge on any atom is -0.497 e. The van der Waals surface area contributed by atoms with Crippen LogP contribution in [0, 0.1) is 0 Å². The van der Waals surface area contributed by atoms with Crippen LogP contribution < -0.4 is 14.8 Å². The Morgan fingerprint density at radius 3 is 2.25 bits per heavy atom. The second-order valence-electron chi connectivity index (χ2n) is 6.47.